The Hall–Kier alpha value is -5.10. The Kier molecular flexibility index (Phi) is 6.31. The first-order valence-corrected chi connectivity index (χ1v) is 11.7. The van der Waals surface area contributed by atoms with Gasteiger partial charge in [0.05, 0.1) is 16.8 Å². The van der Waals surface area contributed by atoms with E-state index >= 15 is 0 Å². The van der Waals surface area contributed by atoms with Crippen molar-refractivity contribution in [1.82, 2.24) is 0 Å². The number of anilines is 2. The number of phenols is 1. The predicted octanol–water partition coefficient (Wildman–Crippen LogP) is 6.64. The topological polar surface area (TPSA) is 98.7 Å². The van der Waals surface area contributed by atoms with Crippen molar-refractivity contribution in [1.29, 1.82) is 0 Å². The Balaban J connectivity index is 1.48. The number of phenolic OH excluding ortho intramolecular Hbond substituents is 1. The van der Waals surface area contributed by atoms with Crippen molar-refractivity contribution >= 4 is 41.0 Å². The lowest BCUT2D eigenvalue weighted by Crippen LogP contribution is -2.05. The highest BCUT2D eigenvalue weighted by Gasteiger charge is 2.26. The standard InChI is InChI=1S/C31H24N2O4/c1-19-7-2-3-8-20(19)15-16-21-9-5-13-26-28(21)25(30(35)33-26)18-32-27-14-6-12-24(29(27)34)22-10-4-11-23(17-22)31(36)37/h2-18,32,34H,1H3,(H,33,35)(H,36,37)/b16-15+,25-18-. The number of hydrogen-bond donors (Lipinski definition) is 4. The van der Waals surface area contributed by atoms with Gasteiger partial charge in [-0.05, 0) is 53.4 Å². The molecule has 0 radical (unpaired) electrons. The number of aromatic carboxylic acids is 1. The lowest BCUT2D eigenvalue weighted by atomic mass is 9.99. The van der Waals surface area contributed by atoms with Gasteiger partial charge in [-0.3, -0.25) is 4.79 Å². The molecule has 4 aromatic rings. The second-order valence-corrected chi connectivity index (χ2v) is 8.70. The number of hydrogen-bond acceptors (Lipinski definition) is 4. The summed E-state index contributed by atoms with van der Waals surface area (Å²) < 4.78 is 0. The summed E-state index contributed by atoms with van der Waals surface area (Å²) in [6.07, 6.45) is 5.60. The van der Waals surface area contributed by atoms with E-state index in [-0.39, 0.29) is 17.2 Å². The maximum absolute atomic E-state index is 12.8. The number of benzene rings is 4. The van der Waals surface area contributed by atoms with Gasteiger partial charge >= 0.3 is 5.97 Å². The van der Waals surface area contributed by atoms with Crippen LogP contribution in [0.5, 0.6) is 5.75 Å². The van der Waals surface area contributed by atoms with Crippen LogP contribution in [0, 0.1) is 6.92 Å². The molecule has 1 amide bonds. The molecule has 0 fully saturated rings. The molecule has 0 saturated carbocycles. The molecule has 0 bridgehead atoms. The summed E-state index contributed by atoms with van der Waals surface area (Å²) in [6.45, 7) is 2.05. The second kappa shape index (κ2) is 9.87. The first kappa shape index (κ1) is 23.6. The van der Waals surface area contributed by atoms with E-state index in [2.05, 4.69) is 10.6 Å². The average molecular weight is 489 g/mol. The minimum atomic E-state index is -1.04. The third kappa shape index (κ3) is 4.73. The average Bonchev–Trinajstić information content (AvgIpc) is 3.23. The van der Waals surface area contributed by atoms with Crippen LogP contribution in [0.25, 0.3) is 28.9 Å². The van der Waals surface area contributed by atoms with E-state index in [4.69, 9.17) is 0 Å². The van der Waals surface area contributed by atoms with Gasteiger partial charge in [0, 0.05) is 23.0 Å². The molecule has 1 heterocycles. The normalized spacial score (nSPS) is 13.5. The quantitative estimate of drug-likeness (QED) is 0.139. The molecule has 0 spiro atoms. The predicted molar refractivity (Wildman–Crippen MR) is 147 cm³/mol. The summed E-state index contributed by atoms with van der Waals surface area (Å²) in [7, 11) is 0. The Labute approximate surface area is 214 Å². The van der Waals surface area contributed by atoms with E-state index in [1.165, 1.54) is 12.1 Å². The fourth-order valence-electron chi connectivity index (χ4n) is 4.37. The van der Waals surface area contributed by atoms with Crippen molar-refractivity contribution < 1.29 is 19.8 Å². The van der Waals surface area contributed by atoms with Gasteiger partial charge in [0.25, 0.3) is 5.91 Å². The van der Waals surface area contributed by atoms with Crippen molar-refractivity contribution in [2.45, 2.75) is 6.92 Å². The second-order valence-electron chi connectivity index (χ2n) is 8.70. The van der Waals surface area contributed by atoms with Gasteiger partial charge in [0.2, 0.25) is 0 Å². The number of carbonyl (C=O) groups is 2. The maximum Gasteiger partial charge on any atom is 0.335 e. The summed E-state index contributed by atoms with van der Waals surface area (Å²) in [6, 6.07) is 25.3. The Morgan fingerprint density at radius 1 is 0.892 bits per heavy atom. The zero-order valence-electron chi connectivity index (χ0n) is 20.0. The molecule has 4 aromatic carbocycles. The Morgan fingerprint density at radius 3 is 2.43 bits per heavy atom. The molecule has 1 aliphatic rings. The highest BCUT2D eigenvalue weighted by Crippen LogP contribution is 2.38. The van der Waals surface area contributed by atoms with Crippen LogP contribution < -0.4 is 10.6 Å². The van der Waals surface area contributed by atoms with E-state index < -0.39 is 5.97 Å². The number of carbonyl (C=O) groups excluding carboxylic acids is 1. The first-order valence-electron chi connectivity index (χ1n) is 11.7. The number of carboxylic acid groups (broad SMARTS) is 1. The fourth-order valence-corrected chi connectivity index (χ4v) is 4.37. The lowest BCUT2D eigenvalue weighted by molar-refractivity contribution is -0.110. The van der Waals surface area contributed by atoms with E-state index in [1.807, 2.05) is 61.5 Å². The molecule has 0 atom stereocenters. The number of amides is 1. The SMILES string of the molecule is Cc1ccccc1/C=C/c1cccc2c1/C(=C/Nc1cccc(-c3cccc(C(=O)O)c3)c1O)C(=O)N2. The molecule has 0 unspecified atom stereocenters. The number of aromatic hydroxyl groups is 1. The van der Waals surface area contributed by atoms with Gasteiger partial charge in [-0.2, -0.15) is 0 Å². The minimum absolute atomic E-state index is 0.0479. The molecular weight excluding hydrogens is 464 g/mol. The van der Waals surface area contributed by atoms with Crippen LogP contribution in [0.3, 0.4) is 0 Å². The molecule has 0 saturated heterocycles. The highest BCUT2D eigenvalue weighted by atomic mass is 16.4. The minimum Gasteiger partial charge on any atom is -0.505 e. The van der Waals surface area contributed by atoms with Crippen LogP contribution in [0.1, 0.15) is 32.6 Å². The third-order valence-electron chi connectivity index (χ3n) is 6.32. The van der Waals surface area contributed by atoms with Crippen LogP contribution in [0.4, 0.5) is 11.4 Å². The molecular formula is C31H24N2O4. The molecule has 5 rings (SSSR count). The molecule has 0 aromatic heterocycles. The van der Waals surface area contributed by atoms with Crippen molar-refractivity contribution in [3.8, 4) is 16.9 Å². The molecule has 1 aliphatic heterocycles. The maximum atomic E-state index is 12.8. The molecule has 4 N–H and O–H groups in total. The first-order chi connectivity index (χ1) is 17.9. The summed E-state index contributed by atoms with van der Waals surface area (Å²) in [4.78, 5) is 24.2. The zero-order valence-corrected chi connectivity index (χ0v) is 20.0. The number of rotatable bonds is 6. The van der Waals surface area contributed by atoms with Gasteiger partial charge < -0.3 is 20.8 Å². The summed E-state index contributed by atoms with van der Waals surface area (Å²) in [5.41, 5.74) is 6.63. The van der Waals surface area contributed by atoms with Crippen LogP contribution >= 0.6 is 0 Å². The largest absolute Gasteiger partial charge is 0.505 e. The number of aryl methyl sites for hydroxylation is 1. The summed E-state index contributed by atoms with van der Waals surface area (Å²) >= 11 is 0. The molecule has 37 heavy (non-hydrogen) atoms. The van der Waals surface area contributed by atoms with Crippen molar-refractivity contribution in [3.05, 3.63) is 119 Å². The fraction of sp³-hybridized carbons (Fsp3) is 0.0323. The van der Waals surface area contributed by atoms with Gasteiger partial charge in [-0.25, -0.2) is 4.79 Å². The van der Waals surface area contributed by atoms with Gasteiger partial charge in [0.15, 0.2) is 0 Å². The zero-order chi connectivity index (χ0) is 25.9. The van der Waals surface area contributed by atoms with Gasteiger partial charge in [-0.15, -0.1) is 0 Å². The molecule has 0 aliphatic carbocycles. The van der Waals surface area contributed by atoms with Crippen molar-refractivity contribution in [2.75, 3.05) is 10.6 Å². The van der Waals surface area contributed by atoms with E-state index in [0.717, 1.165) is 22.3 Å². The lowest BCUT2D eigenvalue weighted by Gasteiger charge is -2.11. The molecule has 6 heteroatoms. The van der Waals surface area contributed by atoms with Crippen molar-refractivity contribution in [2.24, 2.45) is 0 Å². The number of fused-ring (bicyclic) bond motifs is 1. The van der Waals surface area contributed by atoms with E-state index in [0.29, 0.717) is 28.1 Å². The van der Waals surface area contributed by atoms with Crippen LogP contribution in [0.2, 0.25) is 0 Å². The monoisotopic (exact) mass is 488 g/mol. The summed E-state index contributed by atoms with van der Waals surface area (Å²) in [5.74, 6) is -1.34. The van der Waals surface area contributed by atoms with Crippen molar-refractivity contribution in [3.63, 3.8) is 0 Å². The molecule has 182 valence electrons. The van der Waals surface area contributed by atoms with Gasteiger partial charge in [0.1, 0.15) is 5.75 Å². The highest BCUT2D eigenvalue weighted by molar-refractivity contribution is 6.32. The van der Waals surface area contributed by atoms with E-state index in [1.54, 1.807) is 36.5 Å². The third-order valence-corrected chi connectivity index (χ3v) is 6.32. The van der Waals surface area contributed by atoms with Crippen LogP contribution in [-0.2, 0) is 4.79 Å². The number of nitrogens with one attached hydrogen (secondary N) is 2. The summed E-state index contributed by atoms with van der Waals surface area (Å²) in [5, 5.41) is 26.2. The molecule has 6 nitrogen and oxygen atoms in total. The number of carboxylic acids is 1. The Bertz CT molecular complexity index is 1600. The van der Waals surface area contributed by atoms with Crippen LogP contribution in [-0.4, -0.2) is 22.1 Å². The Morgan fingerprint density at radius 2 is 1.62 bits per heavy atom. The van der Waals surface area contributed by atoms with E-state index in [9.17, 15) is 19.8 Å². The van der Waals surface area contributed by atoms with Crippen LogP contribution in [0.15, 0.2) is 91.1 Å². The number of para-hydroxylation sites is 1. The van der Waals surface area contributed by atoms with Gasteiger partial charge in [-0.1, -0.05) is 72.8 Å². The smallest absolute Gasteiger partial charge is 0.335 e.